The molecule has 0 spiro atoms. The normalized spacial score (nSPS) is 10.8. The Kier molecular flexibility index (Phi) is 5.12. The number of ketones is 1. The Morgan fingerprint density at radius 1 is 1.19 bits per heavy atom. The van der Waals surface area contributed by atoms with Gasteiger partial charge in [-0.15, -0.1) is 0 Å². The minimum atomic E-state index is -0.727. The van der Waals surface area contributed by atoms with Crippen LogP contribution in [0.2, 0.25) is 0 Å². The van der Waals surface area contributed by atoms with Crippen molar-refractivity contribution in [3.05, 3.63) is 75.5 Å². The maximum absolute atomic E-state index is 13.6. The number of aryl methyl sites for hydroxylation is 2. The predicted octanol–water partition coefficient (Wildman–Crippen LogP) is 2.90. The number of ether oxygens (including phenoxy) is 1. The van der Waals surface area contributed by atoms with Gasteiger partial charge in [-0.05, 0) is 44.2 Å². The van der Waals surface area contributed by atoms with Crippen LogP contribution in [0.1, 0.15) is 33.3 Å². The van der Waals surface area contributed by atoms with Crippen LogP contribution < -0.4 is 5.56 Å². The monoisotopic (exact) mass is 368 g/mol. The maximum atomic E-state index is 13.6. The Balaban J connectivity index is 1.82. The van der Waals surface area contributed by atoms with E-state index >= 15 is 0 Å². The topological polar surface area (TPSA) is 78.3 Å². The molecule has 0 unspecified atom stereocenters. The van der Waals surface area contributed by atoms with Gasteiger partial charge in [-0.2, -0.15) is 0 Å². The third kappa shape index (κ3) is 3.62. The van der Waals surface area contributed by atoms with E-state index < -0.39 is 24.2 Å². The van der Waals surface area contributed by atoms with Gasteiger partial charge >= 0.3 is 5.97 Å². The summed E-state index contributed by atoms with van der Waals surface area (Å²) < 4.78 is 20.2. The van der Waals surface area contributed by atoms with Crippen LogP contribution in [0, 0.1) is 12.7 Å². The molecule has 0 aliphatic carbocycles. The number of rotatable bonds is 5. The zero-order valence-electron chi connectivity index (χ0n) is 14.9. The molecule has 0 radical (unpaired) electrons. The van der Waals surface area contributed by atoms with Gasteiger partial charge in [0, 0.05) is 6.54 Å². The molecule has 0 N–H and O–H groups in total. The zero-order valence-corrected chi connectivity index (χ0v) is 14.9. The Hall–Kier alpha value is -3.35. The molecule has 1 aromatic heterocycles. The van der Waals surface area contributed by atoms with Gasteiger partial charge in [0.25, 0.3) is 5.56 Å². The second-order valence-corrected chi connectivity index (χ2v) is 5.93. The number of fused-ring (bicyclic) bond motifs is 1. The number of Topliss-reactive ketones (excluding diaryl/α,β-unsaturated/α-hetero) is 1. The maximum Gasteiger partial charge on any atom is 0.338 e. The van der Waals surface area contributed by atoms with Gasteiger partial charge in [-0.3, -0.25) is 9.59 Å². The van der Waals surface area contributed by atoms with Gasteiger partial charge < -0.3 is 9.30 Å². The number of aromatic nitrogens is 2. The summed E-state index contributed by atoms with van der Waals surface area (Å²) in [5, 5.41) is 0. The van der Waals surface area contributed by atoms with Crippen molar-refractivity contribution >= 4 is 22.8 Å². The molecule has 2 aromatic carbocycles. The number of hydrogen-bond acceptors (Lipinski definition) is 5. The van der Waals surface area contributed by atoms with Gasteiger partial charge in [-0.25, -0.2) is 14.2 Å². The summed E-state index contributed by atoms with van der Waals surface area (Å²) >= 11 is 0. The molecule has 138 valence electrons. The molecule has 0 amide bonds. The predicted molar refractivity (Wildman–Crippen MR) is 97.4 cm³/mol. The second-order valence-electron chi connectivity index (χ2n) is 5.93. The molecule has 0 bridgehead atoms. The lowest BCUT2D eigenvalue weighted by molar-refractivity contribution is 0.0473. The van der Waals surface area contributed by atoms with E-state index in [4.69, 9.17) is 4.74 Å². The molecule has 7 heteroatoms. The van der Waals surface area contributed by atoms with Crippen molar-refractivity contribution in [3.63, 3.8) is 0 Å². The van der Waals surface area contributed by atoms with Crippen LogP contribution >= 0.6 is 0 Å². The number of esters is 1. The van der Waals surface area contributed by atoms with Gasteiger partial charge in [0.2, 0.25) is 5.78 Å². The van der Waals surface area contributed by atoms with Crippen LogP contribution in [0.25, 0.3) is 11.0 Å². The van der Waals surface area contributed by atoms with Crippen LogP contribution in [-0.2, 0) is 11.3 Å². The zero-order chi connectivity index (χ0) is 19.6. The van der Waals surface area contributed by atoms with E-state index in [-0.39, 0.29) is 16.7 Å². The first-order valence-electron chi connectivity index (χ1n) is 8.38. The van der Waals surface area contributed by atoms with E-state index in [2.05, 4.69) is 4.98 Å². The highest BCUT2D eigenvalue weighted by atomic mass is 19.1. The third-order valence-electron chi connectivity index (χ3n) is 4.17. The minimum Gasteiger partial charge on any atom is -0.454 e. The third-order valence-corrected chi connectivity index (χ3v) is 4.17. The van der Waals surface area contributed by atoms with E-state index in [1.54, 1.807) is 17.6 Å². The van der Waals surface area contributed by atoms with E-state index in [9.17, 15) is 18.8 Å². The fourth-order valence-corrected chi connectivity index (χ4v) is 2.79. The standard InChI is InChI=1S/C20H17FN2O4/c1-3-23-17-9-8-13(10-16(17)22-12(2)19(23)25)20(26)27-11-18(24)14-6-4-5-7-15(14)21/h4-10H,3,11H2,1-2H3. The molecular formula is C20H17FN2O4. The Bertz CT molecular complexity index is 1100. The number of hydrogen-bond donors (Lipinski definition) is 0. The summed E-state index contributed by atoms with van der Waals surface area (Å²) in [7, 11) is 0. The summed E-state index contributed by atoms with van der Waals surface area (Å²) in [6.45, 7) is 3.35. The van der Waals surface area contributed by atoms with E-state index in [0.29, 0.717) is 23.3 Å². The fourth-order valence-electron chi connectivity index (χ4n) is 2.79. The summed E-state index contributed by atoms with van der Waals surface area (Å²) in [5.74, 6) is -2.02. The van der Waals surface area contributed by atoms with Gasteiger partial charge in [0.05, 0.1) is 22.2 Å². The first-order chi connectivity index (χ1) is 12.9. The Labute approximate surface area is 154 Å². The van der Waals surface area contributed by atoms with Crippen LogP contribution in [0.3, 0.4) is 0 Å². The average molecular weight is 368 g/mol. The van der Waals surface area contributed by atoms with Crippen LogP contribution in [0.4, 0.5) is 4.39 Å². The number of benzene rings is 2. The van der Waals surface area contributed by atoms with Gasteiger partial charge in [0.15, 0.2) is 6.61 Å². The molecule has 3 rings (SSSR count). The molecule has 0 aliphatic rings. The molecule has 3 aromatic rings. The first kappa shape index (κ1) is 18.4. The SMILES string of the molecule is CCn1c(=O)c(C)nc2cc(C(=O)OCC(=O)c3ccccc3F)ccc21. The largest absolute Gasteiger partial charge is 0.454 e. The highest BCUT2D eigenvalue weighted by Crippen LogP contribution is 2.15. The second kappa shape index (κ2) is 7.49. The number of carbonyl (C=O) groups excluding carboxylic acids is 2. The van der Waals surface area contributed by atoms with Crippen LogP contribution in [-0.4, -0.2) is 27.9 Å². The summed E-state index contributed by atoms with van der Waals surface area (Å²) in [5.41, 5.74) is 1.28. The number of nitrogens with zero attached hydrogens (tertiary/aromatic N) is 2. The minimum absolute atomic E-state index is 0.131. The van der Waals surface area contributed by atoms with Crippen molar-refractivity contribution in [2.45, 2.75) is 20.4 Å². The van der Waals surface area contributed by atoms with Gasteiger partial charge in [-0.1, -0.05) is 12.1 Å². The lowest BCUT2D eigenvalue weighted by atomic mass is 10.1. The lowest BCUT2D eigenvalue weighted by Gasteiger charge is -2.10. The van der Waals surface area contributed by atoms with Crippen LogP contribution in [0.15, 0.2) is 47.3 Å². The molecular weight excluding hydrogens is 351 g/mol. The Morgan fingerprint density at radius 3 is 2.63 bits per heavy atom. The highest BCUT2D eigenvalue weighted by Gasteiger charge is 2.16. The van der Waals surface area contributed by atoms with Crippen molar-refractivity contribution in [3.8, 4) is 0 Å². The van der Waals surface area contributed by atoms with E-state index in [1.165, 1.54) is 36.4 Å². The van der Waals surface area contributed by atoms with Crippen molar-refractivity contribution in [2.75, 3.05) is 6.61 Å². The summed E-state index contributed by atoms with van der Waals surface area (Å²) in [4.78, 5) is 40.6. The van der Waals surface area contributed by atoms with Crippen molar-refractivity contribution in [1.82, 2.24) is 9.55 Å². The number of carbonyl (C=O) groups is 2. The van der Waals surface area contributed by atoms with Crippen LogP contribution in [0.5, 0.6) is 0 Å². The molecule has 0 saturated heterocycles. The molecule has 6 nitrogen and oxygen atoms in total. The smallest absolute Gasteiger partial charge is 0.338 e. The molecule has 0 fully saturated rings. The van der Waals surface area contributed by atoms with Crippen molar-refractivity contribution in [2.24, 2.45) is 0 Å². The molecule has 1 heterocycles. The van der Waals surface area contributed by atoms with Crippen molar-refractivity contribution < 1.29 is 18.7 Å². The molecule has 27 heavy (non-hydrogen) atoms. The van der Waals surface area contributed by atoms with Gasteiger partial charge in [0.1, 0.15) is 11.5 Å². The quantitative estimate of drug-likeness (QED) is 0.511. The summed E-state index contributed by atoms with van der Waals surface area (Å²) in [6, 6.07) is 10.1. The highest BCUT2D eigenvalue weighted by molar-refractivity contribution is 6.00. The van der Waals surface area contributed by atoms with E-state index in [1.807, 2.05) is 6.92 Å². The lowest BCUT2D eigenvalue weighted by Crippen LogP contribution is -2.23. The summed E-state index contributed by atoms with van der Waals surface area (Å²) in [6.07, 6.45) is 0. The molecule has 0 aliphatic heterocycles. The first-order valence-corrected chi connectivity index (χ1v) is 8.38. The van der Waals surface area contributed by atoms with Crippen molar-refractivity contribution in [1.29, 1.82) is 0 Å². The Morgan fingerprint density at radius 2 is 1.93 bits per heavy atom. The average Bonchev–Trinajstić information content (AvgIpc) is 2.67. The fraction of sp³-hybridized carbons (Fsp3) is 0.200. The molecule has 0 saturated carbocycles. The molecule has 0 atom stereocenters. The van der Waals surface area contributed by atoms with E-state index in [0.717, 1.165) is 0 Å². The number of halogens is 1.